The van der Waals surface area contributed by atoms with Crippen LogP contribution in [0.15, 0.2) is 59.8 Å². The average molecular weight is 423 g/mol. The SMILES string of the molecule is N#Cc1ccc(NS(=O)(=O)c2c[nH]cc2Cc2ccccc2C(F)(F)F)c(F)c1. The molecule has 0 spiro atoms. The number of hydrogen-bond donors (Lipinski definition) is 2. The minimum absolute atomic E-state index is 0.0107. The number of aromatic amines is 1. The number of aromatic nitrogens is 1. The molecular formula is C19H13F4N3O2S. The van der Waals surface area contributed by atoms with Crippen molar-refractivity contribution in [2.75, 3.05) is 4.72 Å². The molecule has 150 valence electrons. The third-order valence-electron chi connectivity index (χ3n) is 4.12. The molecule has 2 N–H and O–H groups in total. The second-order valence-electron chi connectivity index (χ2n) is 6.09. The number of hydrogen-bond acceptors (Lipinski definition) is 3. The standard InChI is InChI=1S/C19H13F4N3O2S/c20-16-7-12(9-24)5-6-17(16)26-29(27,28)18-11-25-10-14(18)8-13-3-1-2-4-15(13)19(21,22)23/h1-7,10-11,25-26H,8H2. The van der Waals surface area contributed by atoms with Crippen molar-refractivity contribution >= 4 is 15.7 Å². The van der Waals surface area contributed by atoms with Crippen molar-refractivity contribution < 1.29 is 26.0 Å². The lowest BCUT2D eigenvalue weighted by Gasteiger charge is -2.13. The zero-order valence-corrected chi connectivity index (χ0v) is 15.4. The van der Waals surface area contributed by atoms with Crippen molar-refractivity contribution in [3.05, 3.63) is 82.9 Å². The number of benzene rings is 2. The largest absolute Gasteiger partial charge is 0.416 e. The summed E-state index contributed by atoms with van der Waals surface area (Å²) in [5.41, 5.74) is -1.25. The molecule has 5 nitrogen and oxygen atoms in total. The number of halogens is 4. The average Bonchev–Trinajstić information content (AvgIpc) is 3.12. The number of sulfonamides is 1. The van der Waals surface area contributed by atoms with Crippen LogP contribution in [0.5, 0.6) is 0 Å². The van der Waals surface area contributed by atoms with Crippen molar-refractivity contribution in [1.82, 2.24) is 4.98 Å². The number of nitrogens with one attached hydrogen (secondary N) is 2. The number of H-pyrrole nitrogens is 1. The molecule has 1 aromatic heterocycles. The zero-order chi connectivity index (χ0) is 21.2. The fraction of sp³-hybridized carbons (Fsp3) is 0.105. The molecule has 10 heteroatoms. The number of nitrogens with zero attached hydrogens (tertiary/aromatic N) is 1. The maximum absolute atomic E-state index is 14.0. The van der Waals surface area contributed by atoms with Gasteiger partial charge in [-0.3, -0.25) is 4.72 Å². The fourth-order valence-electron chi connectivity index (χ4n) is 2.79. The van der Waals surface area contributed by atoms with Gasteiger partial charge in [0.2, 0.25) is 0 Å². The lowest BCUT2D eigenvalue weighted by atomic mass is 10.0. The molecule has 0 saturated heterocycles. The number of rotatable bonds is 5. The molecule has 0 bridgehead atoms. The Hall–Kier alpha value is -3.32. The van der Waals surface area contributed by atoms with E-state index < -0.39 is 27.6 Å². The summed E-state index contributed by atoms with van der Waals surface area (Å²) < 4.78 is 81.0. The summed E-state index contributed by atoms with van der Waals surface area (Å²) in [4.78, 5) is 2.26. The van der Waals surface area contributed by atoms with E-state index in [0.29, 0.717) is 0 Å². The van der Waals surface area contributed by atoms with Crippen molar-refractivity contribution in [3.63, 3.8) is 0 Å². The highest BCUT2D eigenvalue weighted by Gasteiger charge is 2.33. The summed E-state index contributed by atoms with van der Waals surface area (Å²) in [7, 11) is -4.30. The van der Waals surface area contributed by atoms with Gasteiger partial charge in [0.25, 0.3) is 10.0 Å². The van der Waals surface area contributed by atoms with Crippen LogP contribution in [0.2, 0.25) is 0 Å². The van der Waals surface area contributed by atoms with Crippen molar-refractivity contribution in [1.29, 1.82) is 5.26 Å². The molecule has 1 heterocycles. The van der Waals surface area contributed by atoms with Gasteiger partial charge in [0.05, 0.1) is 22.9 Å². The highest BCUT2D eigenvalue weighted by molar-refractivity contribution is 7.92. The van der Waals surface area contributed by atoms with E-state index in [-0.39, 0.29) is 33.7 Å². The summed E-state index contributed by atoms with van der Waals surface area (Å²) in [6.07, 6.45) is -2.51. The lowest BCUT2D eigenvalue weighted by Crippen LogP contribution is -2.15. The molecular weight excluding hydrogens is 410 g/mol. The van der Waals surface area contributed by atoms with E-state index >= 15 is 0 Å². The first-order valence-corrected chi connectivity index (χ1v) is 9.63. The Bertz CT molecular complexity index is 1190. The third-order valence-corrected chi connectivity index (χ3v) is 5.57. The Morgan fingerprint density at radius 1 is 1.07 bits per heavy atom. The summed E-state index contributed by atoms with van der Waals surface area (Å²) in [5.74, 6) is -0.952. The van der Waals surface area contributed by atoms with Crippen LogP contribution in [-0.2, 0) is 22.6 Å². The first-order chi connectivity index (χ1) is 13.6. The van der Waals surface area contributed by atoms with Gasteiger partial charge in [-0.1, -0.05) is 18.2 Å². The van der Waals surface area contributed by atoms with E-state index in [1.807, 2.05) is 0 Å². The number of alkyl halides is 3. The Labute approximate surface area is 163 Å². The second kappa shape index (κ2) is 7.60. The molecule has 0 aliphatic heterocycles. The van der Waals surface area contributed by atoms with E-state index in [2.05, 4.69) is 9.71 Å². The van der Waals surface area contributed by atoms with Gasteiger partial charge in [-0.25, -0.2) is 12.8 Å². The minimum Gasteiger partial charge on any atom is -0.366 e. The molecule has 0 fully saturated rings. The minimum atomic E-state index is -4.59. The van der Waals surface area contributed by atoms with Crippen LogP contribution in [-0.4, -0.2) is 13.4 Å². The van der Waals surface area contributed by atoms with Crippen LogP contribution in [0, 0.1) is 17.1 Å². The van der Waals surface area contributed by atoms with Gasteiger partial charge < -0.3 is 4.98 Å². The molecule has 0 saturated carbocycles. The smallest absolute Gasteiger partial charge is 0.366 e. The summed E-state index contributed by atoms with van der Waals surface area (Å²) in [5, 5.41) is 8.75. The molecule has 2 aromatic carbocycles. The maximum Gasteiger partial charge on any atom is 0.416 e. The molecule has 3 rings (SSSR count). The molecule has 0 radical (unpaired) electrons. The first kappa shape index (κ1) is 20.4. The van der Waals surface area contributed by atoms with Gasteiger partial charge in [-0.05, 0) is 35.4 Å². The van der Waals surface area contributed by atoms with E-state index in [0.717, 1.165) is 24.4 Å². The van der Waals surface area contributed by atoms with E-state index in [9.17, 15) is 26.0 Å². The van der Waals surface area contributed by atoms with Gasteiger partial charge in [0.1, 0.15) is 10.7 Å². The monoisotopic (exact) mass is 423 g/mol. The molecule has 29 heavy (non-hydrogen) atoms. The Morgan fingerprint density at radius 2 is 1.79 bits per heavy atom. The van der Waals surface area contributed by atoms with Crippen LogP contribution in [0.1, 0.15) is 22.3 Å². The van der Waals surface area contributed by atoms with Gasteiger partial charge in [0.15, 0.2) is 0 Å². The van der Waals surface area contributed by atoms with Crippen molar-refractivity contribution in [2.45, 2.75) is 17.5 Å². The molecule has 0 aliphatic rings. The van der Waals surface area contributed by atoms with Crippen LogP contribution in [0.25, 0.3) is 0 Å². The highest BCUT2D eigenvalue weighted by atomic mass is 32.2. The predicted octanol–water partition coefficient (Wildman–Crippen LogP) is 4.44. The number of anilines is 1. The van der Waals surface area contributed by atoms with Gasteiger partial charge in [-0.15, -0.1) is 0 Å². The quantitative estimate of drug-likeness (QED) is 0.595. The summed E-state index contributed by atoms with van der Waals surface area (Å²) >= 11 is 0. The maximum atomic E-state index is 14.0. The summed E-state index contributed by atoms with van der Waals surface area (Å²) in [6, 6.07) is 9.78. The third kappa shape index (κ3) is 4.41. The van der Waals surface area contributed by atoms with Crippen LogP contribution in [0.4, 0.5) is 23.2 Å². The Morgan fingerprint density at radius 3 is 2.45 bits per heavy atom. The topological polar surface area (TPSA) is 85.8 Å². The van der Waals surface area contributed by atoms with Crippen LogP contribution < -0.4 is 4.72 Å². The normalized spacial score (nSPS) is 11.8. The Kier molecular flexibility index (Phi) is 5.35. The van der Waals surface area contributed by atoms with E-state index in [1.165, 1.54) is 30.5 Å². The van der Waals surface area contributed by atoms with Crippen molar-refractivity contribution in [2.24, 2.45) is 0 Å². The van der Waals surface area contributed by atoms with Crippen molar-refractivity contribution in [3.8, 4) is 6.07 Å². The van der Waals surface area contributed by atoms with Crippen LogP contribution >= 0.6 is 0 Å². The van der Waals surface area contributed by atoms with Gasteiger partial charge in [-0.2, -0.15) is 18.4 Å². The van der Waals surface area contributed by atoms with E-state index in [4.69, 9.17) is 5.26 Å². The highest BCUT2D eigenvalue weighted by Crippen LogP contribution is 2.33. The van der Waals surface area contributed by atoms with Gasteiger partial charge >= 0.3 is 6.18 Å². The summed E-state index contributed by atoms with van der Waals surface area (Å²) in [6.45, 7) is 0. The molecule has 0 unspecified atom stereocenters. The zero-order valence-electron chi connectivity index (χ0n) is 14.6. The van der Waals surface area contributed by atoms with Crippen LogP contribution in [0.3, 0.4) is 0 Å². The lowest BCUT2D eigenvalue weighted by molar-refractivity contribution is -0.138. The van der Waals surface area contributed by atoms with E-state index in [1.54, 1.807) is 6.07 Å². The molecule has 0 aliphatic carbocycles. The predicted molar refractivity (Wildman–Crippen MR) is 97.0 cm³/mol. The molecule has 0 amide bonds. The fourth-order valence-corrected chi connectivity index (χ4v) is 4.06. The molecule has 3 aromatic rings. The van der Waals surface area contributed by atoms with Gasteiger partial charge in [0, 0.05) is 18.8 Å². The Balaban J connectivity index is 1.94. The second-order valence-corrected chi connectivity index (χ2v) is 7.74. The molecule has 0 atom stereocenters. The first-order valence-electron chi connectivity index (χ1n) is 8.15. The number of nitriles is 1.